The van der Waals surface area contributed by atoms with Crippen LogP contribution in [0.15, 0.2) is 0 Å². The number of likely N-dealkylation sites (N-methyl/N-ethyl adjacent to an activating group) is 2. The number of cyclic esters (lactones) is 1. The molecule has 1 aliphatic heterocycles. The van der Waals surface area contributed by atoms with E-state index in [0.717, 1.165) is 0 Å². The number of hydrogen-bond donors (Lipinski definition) is 0. The fourth-order valence-electron chi connectivity index (χ4n) is 1.23. The van der Waals surface area contributed by atoms with Gasteiger partial charge in [-0.25, -0.2) is 4.79 Å². The minimum atomic E-state index is -0.372. The Morgan fingerprint density at radius 2 is 2.06 bits per heavy atom. The molecular formula is C11H23ClN2O4. The molecule has 0 aromatic rings. The normalized spacial score (nSPS) is 17.6. The second-order valence-corrected chi connectivity index (χ2v) is 3.81. The molecule has 0 saturated carbocycles. The van der Waals surface area contributed by atoms with Crippen molar-refractivity contribution < 1.29 is 19.1 Å². The summed E-state index contributed by atoms with van der Waals surface area (Å²) in [5.41, 5.74) is 0. The van der Waals surface area contributed by atoms with Gasteiger partial charge < -0.3 is 14.4 Å². The van der Waals surface area contributed by atoms with Crippen molar-refractivity contribution in [2.75, 3.05) is 40.8 Å². The fraction of sp³-hybridized carbons (Fsp3) is 0.818. The zero-order valence-electron chi connectivity index (χ0n) is 11.6. The summed E-state index contributed by atoms with van der Waals surface area (Å²) in [5.74, 6) is -0.314. The van der Waals surface area contributed by atoms with E-state index in [4.69, 9.17) is 9.47 Å². The van der Waals surface area contributed by atoms with Crippen molar-refractivity contribution in [1.82, 2.24) is 9.80 Å². The lowest BCUT2D eigenvalue weighted by molar-refractivity contribution is -0.146. The monoisotopic (exact) mass is 282 g/mol. The van der Waals surface area contributed by atoms with Crippen LogP contribution in [-0.2, 0) is 14.3 Å². The van der Waals surface area contributed by atoms with Crippen LogP contribution in [0, 0.1) is 0 Å². The van der Waals surface area contributed by atoms with Crippen LogP contribution in [-0.4, -0.2) is 68.8 Å². The lowest BCUT2D eigenvalue weighted by Gasteiger charge is -2.11. The molecule has 1 saturated heterocycles. The largest absolute Gasteiger partial charge is 0.461 e. The van der Waals surface area contributed by atoms with Gasteiger partial charge in [-0.2, -0.15) is 0 Å². The molecule has 18 heavy (non-hydrogen) atoms. The van der Waals surface area contributed by atoms with E-state index in [9.17, 15) is 9.59 Å². The second-order valence-electron chi connectivity index (χ2n) is 3.81. The Morgan fingerprint density at radius 1 is 1.50 bits per heavy atom. The molecule has 1 atom stereocenters. The van der Waals surface area contributed by atoms with Crippen LogP contribution < -0.4 is 0 Å². The van der Waals surface area contributed by atoms with Gasteiger partial charge in [0.25, 0.3) is 0 Å². The highest BCUT2D eigenvalue weighted by Crippen LogP contribution is 2.08. The van der Waals surface area contributed by atoms with Crippen molar-refractivity contribution in [3.05, 3.63) is 0 Å². The Labute approximate surface area is 115 Å². The number of nitrogens with zero attached hydrogens (tertiary/aromatic N) is 2. The van der Waals surface area contributed by atoms with Gasteiger partial charge in [0.05, 0.1) is 13.1 Å². The van der Waals surface area contributed by atoms with Crippen LogP contribution in [0.25, 0.3) is 0 Å². The van der Waals surface area contributed by atoms with E-state index in [1.807, 2.05) is 13.8 Å². The maximum absolute atomic E-state index is 11.2. The van der Waals surface area contributed by atoms with Crippen molar-refractivity contribution in [3.63, 3.8) is 0 Å². The Hall–Kier alpha value is -1.01. The lowest BCUT2D eigenvalue weighted by Crippen LogP contribution is -2.28. The molecule has 0 radical (unpaired) electrons. The molecule has 0 aliphatic carbocycles. The van der Waals surface area contributed by atoms with Gasteiger partial charge in [0.15, 0.2) is 6.10 Å². The number of amides is 1. The highest BCUT2D eigenvalue weighted by Gasteiger charge is 2.29. The van der Waals surface area contributed by atoms with Gasteiger partial charge in [-0.1, -0.05) is 13.8 Å². The number of hydrogen-bond acceptors (Lipinski definition) is 5. The third-order valence-electron chi connectivity index (χ3n) is 1.93. The Bertz CT molecular complexity index is 261. The van der Waals surface area contributed by atoms with Crippen LogP contribution in [0.5, 0.6) is 0 Å². The number of esters is 1. The predicted octanol–water partition coefficient (Wildman–Crippen LogP) is 0.990. The summed E-state index contributed by atoms with van der Waals surface area (Å²) >= 11 is 0. The van der Waals surface area contributed by atoms with E-state index >= 15 is 0 Å². The molecular weight excluding hydrogens is 260 g/mol. The van der Waals surface area contributed by atoms with Crippen molar-refractivity contribution in [3.8, 4) is 0 Å². The molecule has 1 aliphatic rings. The molecule has 1 rings (SSSR count). The Balaban J connectivity index is 0. The summed E-state index contributed by atoms with van der Waals surface area (Å²) in [6.45, 7) is 4.83. The minimum absolute atomic E-state index is 0. The highest BCUT2D eigenvalue weighted by molar-refractivity contribution is 5.85. The quantitative estimate of drug-likeness (QED) is 0.720. The summed E-state index contributed by atoms with van der Waals surface area (Å²) in [5, 5.41) is 0. The van der Waals surface area contributed by atoms with Crippen molar-refractivity contribution >= 4 is 24.5 Å². The Morgan fingerprint density at radius 3 is 2.44 bits per heavy atom. The van der Waals surface area contributed by atoms with E-state index in [1.54, 1.807) is 26.0 Å². The van der Waals surface area contributed by atoms with E-state index < -0.39 is 0 Å². The summed E-state index contributed by atoms with van der Waals surface area (Å²) in [7, 11) is 5.21. The van der Waals surface area contributed by atoms with Crippen LogP contribution in [0.1, 0.15) is 13.8 Å². The third-order valence-corrected chi connectivity index (χ3v) is 1.93. The molecule has 1 fully saturated rings. The average molecular weight is 283 g/mol. The number of carbonyl (C=O) groups excluding carboxylic acids is 2. The van der Waals surface area contributed by atoms with Crippen molar-refractivity contribution in [2.45, 2.75) is 20.0 Å². The molecule has 0 spiro atoms. The first-order valence-corrected chi connectivity index (χ1v) is 5.71. The first-order chi connectivity index (χ1) is 7.99. The predicted molar refractivity (Wildman–Crippen MR) is 71.0 cm³/mol. The molecule has 108 valence electrons. The van der Waals surface area contributed by atoms with Gasteiger partial charge in [-0.05, 0) is 14.1 Å². The van der Waals surface area contributed by atoms with Crippen LogP contribution in [0.2, 0.25) is 0 Å². The summed E-state index contributed by atoms with van der Waals surface area (Å²) < 4.78 is 9.87. The minimum Gasteiger partial charge on any atom is -0.461 e. The third kappa shape index (κ3) is 7.34. The topological polar surface area (TPSA) is 59.1 Å². The molecule has 0 N–H and O–H groups in total. The zero-order chi connectivity index (χ0) is 13.4. The number of ether oxygens (including phenoxy) is 2. The van der Waals surface area contributed by atoms with Crippen LogP contribution >= 0.6 is 12.4 Å². The average Bonchev–Trinajstić information content (AvgIpc) is 2.58. The van der Waals surface area contributed by atoms with Gasteiger partial charge in [0.1, 0.15) is 6.61 Å². The molecule has 6 nitrogen and oxygen atoms in total. The second kappa shape index (κ2) is 9.96. The van der Waals surface area contributed by atoms with Crippen LogP contribution in [0.3, 0.4) is 0 Å². The molecule has 0 bridgehead atoms. The van der Waals surface area contributed by atoms with Gasteiger partial charge >= 0.3 is 12.1 Å². The number of carbonyl (C=O) groups is 2. The van der Waals surface area contributed by atoms with Gasteiger partial charge in [0, 0.05) is 7.05 Å². The SMILES string of the molecule is CC.CN(C)CC(=O)OC[C@@H]1CN(C)C(=O)O1.Cl. The standard InChI is InChI=1S/C9H16N2O4.C2H6.ClH/c1-10(2)5-8(12)14-6-7-4-11(3)9(13)15-7;1-2;/h7H,4-6H2,1-3H3;1-2H3;1H/t7-;;/m0../s1. The van der Waals surface area contributed by atoms with Crippen molar-refractivity contribution in [1.29, 1.82) is 0 Å². The highest BCUT2D eigenvalue weighted by atomic mass is 35.5. The van der Waals surface area contributed by atoms with E-state index in [-0.39, 0.29) is 43.7 Å². The summed E-state index contributed by atoms with van der Waals surface area (Å²) in [4.78, 5) is 25.3. The first-order valence-electron chi connectivity index (χ1n) is 5.71. The molecule has 0 aromatic carbocycles. The lowest BCUT2D eigenvalue weighted by atomic mass is 10.4. The molecule has 1 amide bonds. The van der Waals surface area contributed by atoms with Gasteiger partial charge in [0.2, 0.25) is 0 Å². The molecule has 7 heteroatoms. The number of rotatable bonds is 4. The smallest absolute Gasteiger partial charge is 0.410 e. The van der Waals surface area contributed by atoms with Gasteiger partial charge in [-0.15, -0.1) is 12.4 Å². The Kier molecular flexibility index (Phi) is 10.7. The van der Waals surface area contributed by atoms with E-state index in [0.29, 0.717) is 6.54 Å². The molecule has 0 aromatic heterocycles. The van der Waals surface area contributed by atoms with Crippen molar-refractivity contribution in [2.24, 2.45) is 0 Å². The zero-order valence-corrected chi connectivity index (χ0v) is 12.5. The first kappa shape index (κ1) is 19.3. The summed E-state index contributed by atoms with van der Waals surface area (Å²) in [6.07, 6.45) is -0.711. The van der Waals surface area contributed by atoms with Gasteiger partial charge in [-0.3, -0.25) is 9.69 Å². The maximum atomic E-state index is 11.2. The number of halogens is 1. The summed E-state index contributed by atoms with van der Waals surface area (Å²) in [6, 6.07) is 0. The molecule has 1 heterocycles. The molecule has 0 unspecified atom stereocenters. The van der Waals surface area contributed by atoms with E-state index in [2.05, 4.69) is 0 Å². The van der Waals surface area contributed by atoms with Crippen LogP contribution in [0.4, 0.5) is 4.79 Å². The van der Waals surface area contributed by atoms with E-state index in [1.165, 1.54) is 4.90 Å². The maximum Gasteiger partial charge on any atom is 0.410 e. The fourth-order valence-corrected chi connectivity index (χ4v) is 1.23.